The van der Waals surface area contributed by atoms with E-state index in [0.29, 0.717) is 11.3 Å². The topological polar surface area (TPSA) is 95.6 Å². The zero-order valence-electron chi connectivity index (χ0n) is 10.0. The van der Waals surface area contributed by atoms with Crippen molar-refractivity contribution in [1.29, 1.82) is 0 Å². The van der Waals surface area contributed by atoms with Gasteiger partial charge in [0.1, 0.15) is 5.60 Å². The Hall–Kier alpha value is -1.59. The highest BCUT2D eigenvalue weighted by Gasteiger charge is 2.20. The quantitative estimate of drug-likeness (QED) is 0.557. The number of aliphatic hydroxyl groups is 2. The summed E-state index contributed by atoms with van der Waals surface area (Å²) < 4.78 is 0. The number of benzene rings is 1. The molecule has 0 aliphatic heterocycles. The van der Waals surface area contributed by atoms with E-state index < -0.39 is 12.2 Å². The molecule has 1 rings (SSSR count). The van der Waals surface area contributed by atoms with Gasteiger partial charge in [-0.3, -0.25) is 4.79 Å². The van der Waals surface area contributed by atoms with Gasteiger partial charge in [0.05, 0.1) is 12.2 Å². The lowest BCUT2D eigenvalue weighted by atomic mass is 10.1. The SMILES string of the molecule is Cc1ccc(N)c(C(=O)NCC(C)(O)CO)c1. The van der Waals surface area contributed by atoms with E-state index in [1.54, 1.807) is 12.1 Å². The van der Waals surface area contributed by atoms with Crippen LogP contribution in [0.3, 0.4) is 0 Å². The first-order chi connectivity index (χ1) is 7.85. The van der Waals surface area contributed by atoms with E-state index in [9.17, 15) is 9.90 Å². The Morgan fingerprint density at radius 3 is 2.76 bits per heavy atom. The van der Waals surface area contributed by atoms with Gasteiger partial charge in [-0.25, -0.2) is 0 Å². The molecule has 0 aromatic heterocycles. The van der Waals surface area contributed by atoms with Crippen molar-refractivity contribution in [1.82, 2.24) is 5.32 Å². The minimum atomic E-state index is -1.33. The summed E-state index contributed by atoms with van der Waals surface area (Å²) in [6, 6.07) is 5.16. The van der Waals surface area contributed by atoms with Crippen molar-refractivity contribution in [2.45, 2.75) is 19.4 Å². The normalized spacial score (nSPS) is 14.1. The van der Waals surface area contributed by atoms with Crippen LogP contribution in [-0.2, 0) is 0 Å². The number of nitrogen functional groups attached to an aromatic ring is 1. The average Bonchev–Trinajstić information content (AvgIpc) is 2.29. The Labute approximate surface area is 100 Å². The van der Waals surface area contributed by atoms with Crippen LogP contribution in [0.5, 0.6) is 0 Å². The predicted octanol–water partition coefficient (Wildman–Crippen LogP) is 0.0503. The molecule has 94 valence electrons. The molecule has 0 saturated heterocycles. The van der Waals surface area contributed by atoms with Crippen LogP contribution in [0.15, 0.2) is 18.2 Å². The molecule has 0 bridgehead atoms. The van der Waals surface area contributed by atoms with Gasteiger partial charge in [0.15, 0.2) is 0 Å². The maximum absolute atomic E-state index is 11.8. The minimum Gasteiger partial charge on any atom is -0.398 e. The Morgan fingerprint density at radius 2 is 2.18 bits per heavy atom. The second kappa shape index (κ2) is 5.16. The van der Waals surface area contributed by atoms with Gasteiger partial charge in [-0.2, -0.15) is 0 Å². The fraction of sp³-hybridized carbons (Fsp3) is 0.417. The highest BCUT2D eigenvalue weighted by atomic mass is 16.3. The monoisotopic (exact) mass is 238 g/mol. The third-order valence-electron chi connectivity index (χ3n) is 2.42. The lowest BCUT2D eigenvalue weighted by molar-refractivity contribution is 0.00321. The summed E-state index contributed by atoms with van der Waals surface area (Å²) in [4.78, 5) is 11.8. The number of nitrogens with one attached hydrogen (secondary N) is 1. The van der Waals surface area contributed by atoms with Crippen molar-refractivity contribution in [3.05, 3.63) is 29.3 Å². The summed E-state index contributed by atoms with van der Waals surface area (Å²) in [5.41, 5.74) is 6.05. The van der Waals surface area contributed by atoms with Crippen LogP contribution in [0.25, 0.3) is 0 Å². The molecule has 5 N–H and O–H groups in total. The first-order valence-corrected chi connectivity index (χ1v) is 5.33. The second-order valence-corrected chi connectivity index (χ2v) is 4.43. The zero-order chi connectivity index (χ0) is 13.1. The van der Waals surface area contributed by atoms with Crippen molar-refractivity contribution in [2.75, 3.05) is 18.9 Å². The van der Waals surface area contributed by atoms with Gasteiger partial charge in [-0.05, 0) is 26.0 Å². The fourth-order valence-corrected chi connectivity index (χ4v) is 1.29. The Kier molecular flexibility index (Phi) is 4.09. The molecular formula is C12H18N2O3. The average molecular weight is 238 g/mol. The third-order valence-corrected chi connectivity index (χ3v) is 2.42. The zero-order valence-corrected chi connectivity index (χ0v) is 10.0. The number of aliphatic hydroxyl groups excluding tert-OH is 1. The number of hydrogen-bond donors (Lipinski definition) is 4. The van der Waals surface area contributed by atoms with Gasteiger partial charge in [-0.15, -0.1) is 0 Å². The van der Waals surface area contributed by atoms with Crippen molar-refractivity contribution in [3.8, 4) is 0 Å². The molecular weight excluding hydrogens is 220 g/mol. The van der Waals surface area contributed by atoms with E-state index in [1.807, 2.05) is 13.0 Å². The first kappa shape index (κ1) is 13.5. The predicted molar refractivity (Wildman–Crippen MR) is 65.6 cm³/mol. The lowest BCUT2D eigenvalue weighted by Crippen LogP contribution is -2.43. The summed E-state index contributed by atoms with van der Waals surface area (Å²) in [5, 5.41) is 20.9. The van der Waals surface area contributed by atoms with Crippen molar-refractivity contribution < 1.29 is 15.0 Å². The molecule has 1 aromatic rings. The summed E-state index contributed by atoms with van der Waals surface area (Å²) >= 11 is 0. The standard InChI is InChI=1S/C12H18N2O3/c1-8-3-4-10(13)9(5-8)11(16)14-6-12(2,17)7-15/h3-5,15,17H,6-7,13H2,1-2H3,(H,14,16). The molecule has 5 heteroatoms. The van der Waals surface area contributed by atoms with E-state index in [2.05, 4.69) is 5.32 Å². The van der Waals surface area contributed by atoms with E-state index >= 15 is 0 Å². The Bertz CT molecular complexity index is 416. The summed E-state index contributed by atoms with van der Waals surface area (Å²) in [7, 11) is 0. The van der Waals surface area contributed by atoms with Crippen LogP contribution in [0.4, 0.5) is 5.69 Å². The van der Waals surface area contributed by atoms with E-state index in [-0.39, 0.29) is 12.5 Å². The molecule has 0 aliphatic rings. The molecule has 1 amide bonds. The minimum absolute atomic E-state index is 0.0320. The highest BCUT2D eigenvalue weighted by molar-refractivity contribution is 5.99. The smallest absolute Gasteiger partial charge is 0.253 e. The van der Waals surface area contributed by atoms with Crippen molar-refractivity contribution in [3.63, 3.8) is 0 Å². The number of rotatable bonds is 4. The largest absolute Gasteiger partial charge is 0.398 e. The van der Waals surface area contributed by atoms with Crippen LogP contribution in [0.1, 0.15) is 22.8 Å². The number of carbonyl (C=O) groups is 1. The summed E-state index contributed by atoms with van der Waals surface area (Å²) in [6.07, 6.45) is 0. The second-order valence-electron chi connectivity index (χ2n) is 4.43. The van der Waals surface area contributed by atoms with E-state index in [0.717, 1.165) is 5.56 Å². The highest BCUT2D eigenvalue weighted by Crippen LogP contribution is 2.13. The van der Waals surface area contributed by atoms with Gasteiger partial charge < -0.3 is 21.3 Å². The molecule has 1 atom stereocenters. The maximum Gasteiger partial charge on any atom is 0.253 e. The van der Waals surface area contributed by atoms with Crippen LogP contribution in [0.2, 0.25) is 0 Å². The Balaban J connectivity index is 2.74. The molecule has 0 heterocycles. The molecule has 1 aromatic carbocycles. The molecule has 1 unspecified atom stereocenters. The van der Waals surface area contributed by atoms with Crippen LogP contribution in [-0.4, -0.2) is 34.9 Å². The third kappa shape index (κ3) is 3.72. The Morgan fingerprint density at radius 1 is 1.53 bits per heavy atom. The fourth-order valence-electron chi connectivity index (χ4n) is 1.29. The van der Waals surface area contributed by atoms with Gasteiger partial charge in [-0.1, -0.05) is 11.6 Å². The molecule has 0 spiro atoms. The molecule has 0 fully saturated rings. The molecule has 0 aliphatic carbocycles. The van der Waals surface area contributed by atoms with Gasteiger partial charge in [0.2, 0.25) is 0 Å². The van der Waals surface area contributed by atoms with E-state index in [4.69, 9.17) is 10.8 Å². The van der Waals surface area contributed by atoms with Crippen molar-refractivity contribution >= 4 is 11.6 Å². The van der Waals surface area contributed by atoms with E-state index in [1.165, 1.54) is 6.92 Å². The molecule has 17 heavy (non-hydrogen) atoms. The van der Waals surface area contributed by atoms with Crippen LogP contribution in [0, 0.1) is 6.92 Å². The number of carbonyl (C=O) groups excluding carboxylic acids is 1. The molecule has 0 saturated carbocycles. The molecule has 0 radical (unpaired) electrons. The van der Waals surface area contributed by atoms with Gasteiger partial charge in [0, 0.05) is 12.2 Å². The lowest BCUT2D eigenvalue weighted by Gasteiger charge is -2.20. The maximum atomic E-state index is 11.8. The number of amides is 1. The number of aryl methyl sites for hydroxylation is 1. The summed E-state index contributed by atoms with van der Waals surface area (Å²) in [6.45, 7) is 2.85. The number of nitrogens with two attached hydrogens (primary N) is 1. The van der Waals surface area contributed by atoms with Crippen molar-refractivity contribution in [2.24, 2.45) is 0 Å². The van der Waals surface area contributed by atoms with Crippen LogP contribution >= 0.6 is 0 Å². The number of anilines is 1. The van der Waals surface area contributed by atoms with Gasteiger partial charge in [0.25, 0.3) is 5.91 Å². The van der Waals surface area contributed by atoms with Gasteiger partial charge >= 0.3 is 0 Å². The first-order valence-electron chi connectivity index (χ1n) is 5.33. The summed E-state index contributed by atoms with van der Waals surface area (Å²) in [5.74, 6) is -0.361. The number of hydrogen-bond acceptors (Lipinski definition) is 4. The molecule has 5 nitrogen and oxygen atoms in total. The van der Waals surface area contributed by atoms with Crippen LogP contribution < -0.4 is 11.1 Å².